The average Bonchev–Trinajstić information content (AvgIpc) is 3.23. The molecule has 13 heteroatoms. The largest absolute Gasteiger partial charge is 0.419 e. The molecule has 0 amide bonds. The molecule has 32 heavy (non-hydrogen) atoms. The third kappa shape index (κ3) is 5.21. The van der Waals surface area contributed by atoms with Crippen LogP contribution < -0.4 is 5.32 Å². The molecule has 9 nitrogen and oxygen atoms in total. The molecule has 1 atom stereocenters. The van der Waals surface area contributed by atoms with Crippen LogP contribution in [0.15, 0.2) is 18.6 Å². The van der Waals surface area contributed by atoms with E-state index in [-0.39, 0.29) is 35.8 Å². The van der Waals surface area contributed by atoms with E-state index in [9.17, 15) is 21.6 Å². The van der Waals surface area contributed by atoms with E-state index in [2.05, 4.69) is 20.4 Å². The van der Waals surface area contributed by atoms with E-state index < -0.39 is 21.8 Å². The summed E-state index contributed by atoms with van der Waals surface area (Å²) in [6, 6.07) is -0.233. The summed E-state index contributed by atoms with van der Waals surface area (Å²) >= 11 is 0. The van der Waals surface area contributed by atoms with Gasteiger partial charge >= 0.3 is 6.18 Å². The van der Waals surface area contributed by atoms with Crippen molar-refractivity contribution in [1.29, 1.82) is 0 Å². The molecule has 2 aliphatic heterocycles. The van der Waals surface area contributed by atoms with Gasteiger partial charge in [-0.3, -0.25) is 4.68 Å². The Hall–Kier alpha value is -2.25. The van der Waals surface area contributed by atoms with Gasteiger partial charge in [-0.05, 0) is 25.7 Å². The van der Waals surface area contributed by atoms with Crippen LogP contribution in [0.2, 0.25) is 0 Å². The first kappa shape index (κ1) is 22.9. The SMILES string of the molecule is CS(=O)(=O)N1CCCC(Nc2ncc(C(F)(F)F)c(-c3cnn(C4CCOCC4)c3)n2)C1. The number of nitrogens with one attached hydrogen (secondary N) is 1. The summed E-state index contributed by atoms with van der Waals surface area (Å²) in [5.41, 5.74) is -0.962. The Kier molecular flexibility index (Phi) is 6.41. The van der Waals surface area contributed by atoms with Crippen molar-refractivity contribution in [1.82, 2.24) is 24.1 Å². The van der Waals surface area contributed by atoms with E-state index in [0.717, 1.165) is 25.3 Å². The minimum Gasteiger partial charge on any atom is -0.381 e. The summed E-state index contributed by atoms with van der Waals surface area (Å²) in [6.07, 6.45) is 2.98. The zero-order valence-corrected chi connectivity index (χ0v) is 18.4. The highest BCUT2D eigenvalue weighted by Gasteiger charge is 2.36. The number of rotatable bonds is 5. The van der Waals surface area contributed by atoms with Crippen molar-refractivity contribution >= 4 is 16.0 Å². The summed E-state index contributed by atoms with van der Waals surface area (Å²) in [7, 11) is -3.35. The van der Waals surface area contributed by atoms with Crippen LogP contribution in [-0.4, -0.2) is 71.1 Å². The van der Waals surface area contributed by atoms with Crippen LogP contribution in [0, 0.1) is 0 Å². The van der Waals surface area contributed by atoms with E-state index in [4.69, 9.17) is 4.74 Å². The number of hydrogen-bond acceptors (Lipinski definition) is 7. The van der Waals surface area contributed by atoms with E-state index in [0.29, 0.717) is 32.6 Å². The highest BCUT2D eigenvalue weighted by molar-refractivity contribution is 7.88. The number of nitrogens with zero attached hydrogens (tertiary/aromatic N) is 5. The molecule has 0 aromatic carbocycles. The van der Waals surface area contributed by atoms with Crippen LogP contribution in [0.1, 0.15) is 37.3 Å². The molecule has 1 N–H and O–H groups in total. The molecular formula is C19H25F3N6O3S. The molecule has 2 aromatic rings. The van der Waals surface area contributed by atoms with E-state index in [1.54, 1.807) is 10.9 Å². The Morgan fingerprint density at radius 2 is 1.94 bits per heavy atom. The first-order chi connectivity index (χ1) is 15.1. The number of hydrogen-bond donors (Lipinski definition) is 1. The van der Waals surface area contributed by atoms with Crippen LogP contribution in [0.5, 0.6) is 0 Å². The lowest BCUT2D eigenvalue weighted by Gasteiger charge is -2.31. The zero-order valence-electron chi connectivity index (χ0n) is 17.5. The van der Waals surface area contributed by atoms with Crippen molar-refractivity contribution < 1.29 is 26.3 Å². The summed E-state index contributed by atoms with van der Waals surface area (Å²) in [4.78, 5) is 8.02. The molecule has 0 bridgehead atoms. The second kappa shape index (κ2) is 8.94. The fourth-order valence-electron chi connectivity index (χ4n) is 4.03. The van der Waals surface area contributed by atoms with Gasteiger partial charge in [0.05, 0.1) is 24.2 Å². The van der Waals surface area contributed by atoms with Crippen molar-refractivity contribution in [2.24, 2.45) is 0 Å². The summed E-state index contributed by atoms with van der Waals surface area (Å²) < 4.78 is 73.0. The molecule has 2 saturated heterocycles. The van der Waals surface area contributed by atoms with Crippen molar-refractivity contribution in [3.8, 4) is 11.3 Å². The minimum atomic E-state index is -4.63. The quantitative estimate of drug-likeness (QED) is 0.711. The van der Waals surface area contributed by atoms with Crippen LogP contribution >= 0.6 is 0 Å². The molecule has 2 aromatic heterocycles. The van der Waals surface area contributed by atoms with Crippen molar-refractivity contribution in [2.75, 3.05) is 37.9 Å². The fraction of sp³-hybridized carbons (Fsp3) is 0.632. The number of sulfonamides is 1. The van der Waals surface area contributed by atoms with E-state index >= 15 is 0 Å². The molecule has 0 spiro atoms. The highest BCUT2D eigenvalue weighted by atomic mass is 32.2. The van der Waals surface area contributed by atoms with Crippen molar-refractivity contribution in [3.05, 3.63) is 24.2 Å². The van der Waals surface area contributed by atoms with Gasteiger partial charge in [0.2, 0.25) is 16.0 Å². The molecule has 0 radical (unpaired) electrons. The number of halogens is 3. The second-order valence-corrected chi connectivity index (χ2v) is 10.1. The van der Waals surface area contributed by atoms with Gasteiger partial charge in [-0.15, -0.1) is 0 Å². The number of anilines is 1. The number of ether oxygens (including phenoxy) is 1. The first-order valence-electron chi connectivity index (χ1n) is 10.4. The Morgan fingerprint density at radius 1 is 1.19 bits per heavy atom. The lowest BCUT2D eigenvalue weighted by Crippen LogP contribution is -2.44. The smallest absolute Gasteiger partial charge is 0.381 e. The van der Waals surface area contributed by atoms with E-state index in [1.165, 1.54) is 10.5 Å². The maximum atomic E-state index is 13.7. The molecule has 2 fully saturated rings. The minimum absolute atomic E-state index is 0.0205. The van der Waals surface area contributed by atoms with Crippen molar-refractivity contribution in [2.45, 2.75) is 43.9 Å². The predicted octanol–water partition coefficient (Wildman–Crippen LogP) is 2.55. The van der Waals surface area contributed by atoms with E-state index in [1.807, 2.05) is 0 Å². The summed E-state index contributed by atoms with van der Waals surface area (Å²) in [6.45, 7) is 1.80. The fourth-order valence-corrected chi connectivity index (χ4v) is 4.94. The monoisotopic (exact) mass is 474 g/mol. The Bertz CT molecular complexity index is 1050. The molecule has 0 aliphatic carbocycles. The van der Waals surface area contributed by atoms with Crippen molar-refractivity contribution in [3.63, 3.8) is 0 Å². The molecule has 2 aliphatic rings. The highest BCUT2D eigenvalue weighted by Crippen LogP contribution is 2.36. The summed E-state index contributed by atoms with van der Waals surface area (Å²) in [5, 5.41) is 7.26. The maximum absolute atomic E-state index is 13.7. The standard InChI is InChI=1S/C19H25F3N6O3S/c1-32(29,30)27-6-2-3-14(12-27)25-18-23-10-16(19(20,21)22)17(26-18)13-9-24-28(11-13)15-4-7-31-8-5-15/h9-11,14-15H,2-8,12H2,1H3,(H,23,25,26). The third-order valence-electron chi connectivity index (χ3n) is 5.72. The van der Waals surface area contributed by atoms with Crippen LogP contribution in [-0.2, 0) is 20.9 Å². The second-order valence-electron chi connectivity index (χ2n) is 8.11. The molecule has 1 unspecified atom stereocenters. The van der Waals surface area contributed by atoms with Gasteiger partial charge in [-0.2, -0.15) is 18.3 Å². The third-order valence-corrected chi connectivity index (χ3v) is 6.99. The Balaban J connectivity index is 1.60. The normalized spacial score (nSPS) is 21.6. The van der Waals surface area contributed by atoms with Gasteiger partial charge in [0.1, 0.15) is 5.56 Å². The summed E-state index contributed by atoms with van der Waals surface area (Å²) in [5.74, 6) is 0.0205. The van der Waals surface area contributed by atoms with Gasteiger partial charge < -0.3 is 10.1 Å². The average molecular weight is 475 g/mol. The first-order valence-corrected chi connectivity index (χ1v) is 12.2. The van der Waals surface area contributed by atoms with Gasteiger partial charge in [0.25, 0.3) is 0 Å². The Labute approximate surface area is 184 Å². The molecule has 176 valence electrons. The van der Waals surface area contributed by atoms with Gasteiger partial charge in [-0.25, -0.2) is 22.7 Å². The number of aromatic nitrogens is 4. The Morgan fingerprint density at radius 3 is 2.62 bits per heavy atom. The van der Waals surface area contributed by atoms with Crippen LogP contribution in [0.4, 0.5) is 19.1 Å². The molecular weight excluding hydrogens is 449 g/mol. The predicted molar refractivity (Wildman–Crippen MR) is 110 cm³/mol. The molecule has 4 rings (SSSR count). The lowest BCUT2D eigenvalue weighted by atomic mass is 10.1. The topological polar surface area (TPSA) is 102 Å². The van der Waals surface area contributed by atoms with Gasteiger partial charge in [0, 0.05) is 50.3 Å². The number of piperidine rings is 1. The zero-order chi connectivity index (χ0) is 22.9. The van der Waals surface area contributed by atoms with Gasteiger partial charge in [-0.1, -0.05) is 0 Å². The molecule has 0 saturated carbocycles. The number of alkyl halides is 3. The van der Waals surface area contributed by atoms with Gasteiger partial charge in [0.15, 0.2) is 0 Å². The van der Waals surface area contributed by atoms with Crippen LogP contribution in [0.25, 0.3) is 11.3 Å². The molecule has 4 heterocycles. The lowest BCUT2D eigenvalue weighted by molar-refractivity contribution is -0.137. The van der Waals surface area contributed by atoms with Crippen LogP contribution in [0.3, 0.4) is 0 Å². The maximum Gasteiger partial charge on any atom is 0.419 e.